The number of carbonyl (C=O) groups excluding carboxylic acids is 1. The summed E-state index contributed by atoms with van der Waals surface area (Å²) in [5.41, 5.74) is 0. The Kier molecular flexibility index (Phi) is 5.22. The molecule has 0 bridgehead atoms. The van der Waals surface area contributed by atoms with E-state index in [0.717, 1.165) is 19.3 Å². The highest BCUT2D eigenvalue weighted by molar-refractivity contribution is 5.69. The predicted molar refractivity (Wildman–Crippen MR) is 60.0 cm³/mol. The molecule has 0 radical (unpaired) electrons. The average Bonchev–Trinajstić information content (AvgIpc) is 2.56. The molecule has 0 spiro atoms. The Morgan fingerprint density at radius 2 is 2.19 bits per heavy atom. The molecule has 0 N–H and O–H groups in total. The largest absolute Gasteiger partial charge is 0.463 e. The van der Waals surface area contributed by atoms with Gasteiger partial charge in [0.25, 0.3) is 0 Å². The van der Waals surface area contributed by atoms with E-state index in [1.54, 1.807) is 0 Å². The molecule has 16 heavy (non-hydrogen) atoms. The summed E-state index contributed by atoms with van der Waals surface area (Å²) in [6, 6.07) is 0. The molecule has 0 aromatic carbocycles. The molecule has 1 saturated heterocycles. The minimum atomic E-state index is -0.542. The van der Waals surface area contributed by atoms with Crippen molar-refractivity contribution in [2.75, 3.05) is 13.2 Å². The van der Waals surface area contributed by atoms with Crippen molar-refractivity contribution >= 4 is 5.97 Å². The second kappa shape index (κ2) is 6.21. The maximum Gasteiger partial charge on any atom is 0.305 e. The Morgan fingerprint density at radius 1 is 1.44 bits per heavy atom. The topological polar surface area (TPSA) is 44.8 Å². The van der Waals surface area contributed by atoms with Crippen molar-refractivity contribution in [1.82, 2.24) is 0 Å². The van der Waals surface area contributed by atoms with Crippen molar-refractivity contribution < 1.29 is 19.0 Å². The standard InChI is InChI=1S/C12H22O4/c1-4-5-6-7-11(13)14-8-10-9-15-12(2,3)16-10/h10H,4-9H2,1-3H3/t10-/m1/s1. The lowest BCUT2D eigenvalue weighted by atomic mass is 10.2. The zero-order valence-electron chi connectivity index (χ0n) is 10.5. The van der Waals surface area contributed by atoms with Gasteiger partial charge in [0.1, 0.15) is 12.7 Å². The minimum Gasteiger partial charge on any atom is -0.463 e. The average molecular weight is 230 g/mol. The highest BCUT2D eigenvalue weighted by Gasteiger charge is 2.33. The highest BCUT2D eigenvalue weighted by atomic mass is 16.7. The zero-order valence-corrected chi connectivity index (χ0v) is 10.5. The van der Waals surface area contributed by atoms with E-state index in [1.165, 1.54) is 0 Å². The third-order valence-electron chi connectivity index (χ3n) is 2.48. The molecule has 0 saturated carbocycles. The Morgan fingerprint density at radius 3 is 2.75 bits per heavy atom. The van der Waals surface area contributed by atoms with Crippen LogP contribution in [0.3, 0.4) is 0 Å². The van der Waals surface area contributed by atoms with Crippen molar-refractivity contribution in [3.05, 3.63) is 0 Å². The molecule has 94 valence electrons. The molecule has 1 heterocycles. The van der Waals surface area contributed by atoms with Crippen molar-refractivity contribution in [1.29, 1.82) is 0 Å². The molecular weight excluding hydrogens is 208 g/mol. The van der Waals surface area contributed by atoms with Crippen LogP contribution in [0.5, 0.6) is 0 Å². The molecule has 1 atom stereocenters. The second-order valence-corrected chi connectivity index (χ2v) is 4.59. The van der Waals surface area contributed by atoms with Crippen LogP contribution in [0.4, 0.5) is 0 Å². The molecule has 1 aliphatic heterocycles. The van der Waals surface area contributed by atoms with Gasteiger partial charge in [-0.15, -0.1) is 0 Å². The number of unbranched alkanes of at least 4 members (excludes halogenated alkanes) is 2. The van der Waals surface area contributed by atoms with E-state index in [1.807, 2.05) is 13.8 Å². The fourth-order valence-electron chi connectivity index (χ4n) is 1.62. The highest BCUT2D eigenvalue weighted by Crippen LogP contribution is 2.22. The summed E-state index contributed by atoms with van der Waals surface area (Å²) in [4.78, 5) is 11.3. The third kappa shape index (κ3) is 4.94. The van der Waals surface area contributed by atoms with Crippen LogP contribution in [-0.4, -0.2) is 31.1 Å². The second-order valence-electron chi connectivity index (χ2n) is 4.59. The summed E-state index contributed by atoms with van der Waals surface area (Å²) in [5.74, 6) is -0.680. The van der Waals surface area contributed by atoms with Gasteiger partial charge in [0.05, 0.1) is 6.61 Å². The number of ether oxygens (including phenoxy) is 3. The number of hydrogen-bond donors (Lipinski definition) is 0. The number of carbonyl (C=O) groups is 1. The fourth-order valence-corrected chi connectivity index (χ4v) is 1.62. The van der Waals surface area contributed by atoms with Crippen LogP contribution in [0, 0.1) is 0 Å². The first kappa shape index (κ1) is 13.5. The van der Waals surface area contributed by atoms with Gasteiger partial charge in [0.2, 0.25) is 0 Å². The van der Waals surface area contributed by atoms with Crippen molar-refractivity contribution in [3.63, 3.8) is 0 Å². The van der Waals surface area contributed by atoms with Gasteiger partial charge in [0, 0.05) is 6.42 Å². The van der Waals surface area contributed by atoms with Gasteiger partial charge in [-0.3, -0.25) is 4.79 Å². The van der Waals surface area contributed by atoms with Gasteiger partial charge in [-0.05, 0) is 20.3 Å². The SMILES string of the molecule is CCCCCC(=O)OC[C@@H]1COC(C)(C)O1. The van der Waals surface area contributed by atoms with Crippen molar-refractivity contribution in [2.24, 2.45) is 0 Å². The van der Waals surface area contributed by atoms with E-state index in [0.29, 0.717) is 19.6 Å². The predicted octanol–water partition coefficient (Wildman–Crippen LogP) is 2.26. The molecule has 0 amide bonds. The zero-order chi connectivity index (χ0) is 12.0. The van der Waals surface area contributed by atoms with Crippen LogP contribution < -0.4 is 0 Å². The van der Waals surface area contributed by atoms with E-state index < -0.39 is 5.79 Å². The van der Waals surface area contributed by atoms with Crippen molar-refractivity contribution in [3.8, 4) is 0 Å². The van der Waals surface area contributed by atoms with Gasteiger partial charge in [-0.2, -0.15) is 0 Å². The molecule has 1 rings (SSSR count). The summed E-state index contributed by atoms with van der Waals surface area (Å²) in [5, 5.41) is 0. The molecule has 0 aliphatic carbocycles. The molecular formula is C12H22O4. The molecule has 1 fully saturated rings. The Labute approximate surface area is 97.2 Å². The Hall–Kier alpha value is -0.610. The summed E-state index contributed by atoms with van der Waals surface area (Å²) >= 11 is 0. The van der Waals surface area contributed by atoms with E-state index in [2.05, 4.69) is 6.92 Å². The summed E-state index contributed by atoms with van der Waals surface area (Å²) in [7, 11) is 0. The van der Waals surface area contributed by atoms with Gasteiger partial charge in [-0.25, -0.2) is 0 Å². The van der Waals surface area contributed by atoms with E-state index >= 15 is 0 Å². The summed E-state index contributed by atoms with van der Waals surface area (Å²) < 4.78 is 16.0. The third-order valence-corrected chi connectivity index (χ3v) is 2.48. The summed E-state index contributed by atoms with van der Waals surface area (Å²) in [6.45, 7) is 6.62. The van der Waals surface area contributed by atoms with Gasteiger partial charge in [-0.1, -0.05) is 19.8 Å². The molecule has 0 aromatic rings. The lowest BCUT2D eigenvalue weighted by Gasteiger charge is -2.16. The Bertz CT molecular complexity index is 225. The number of hydrogen-bond acceptors (Lipinski definition) is 4. The van der Waals surface area contributed by atoms with E-state index in [-0.39, 0.29) is 12.1 Å². The lowest BCUT2D eigenvalue weighted by molar-refractivity contribution is -0.158. The maximum absolute atomic E-state index is 11.3. The minimum absolute atomic E-state index is 0.120. The Balaban J connectivity index is 2.08. The monoisotopic (exact) mass is 230 g/mol. The normalized spacial score (nSPS) is 23.3. The molecule has 4 heteroatoms. The van der Waals surface area contributed by atoms with Crippen LogP contribution in [0.2, 0.25) is 0 Å². The molecule has 4 nitrogen and oxygen atoms in total. The van der Waals surface area contributed by atoms with Gasteiger partial charge < -0.3 is 14.2 Å². The fraction of sp³-hybridized carbons (Fsp3) is 0.917. The van der Waals surface area contributed by atoms with Crippen LogP contribution in [-0.2, 0) is 19.0 Å². The molecule has 1 aliphatic rings. The van der Waals surface area contributed by atoms with Crippen LogP contribution in [0.1, 0.15) is 46.5 Å². The van der Waals surface area contributed by atoms with Crippen LogP contribution in [0.25, 0.3) is 0 Å². The van der Waals surface area contributed by atoms with Gasteiger partial charge >= 0.3 is 5.97 Å². The smallest absolute Gasteiger partial charge is 0.305 e. The van der Waals surface area contributed by atoms with E-state index in [9.17, 15) is 4.79 Å². The molecule has 0 aromatic heterocycles. The van der Waals surface area contributed by atoms with E-state index in [4.69, 9.17) is 14.2 Å². The maximum atomic E-state index is 11.3. The van der Waals surface area contributed by atoms with Crippen LogP contribution in [0.15, 0.2) is 0 Å². The first-order valence-corrected chi connectivity index (χ1v) is 6.01. The first-order chi connectivity index (χ1) is 7.53. The first-order valence-electron chi connectivity index (χ1n) is 6.01. The quantitative estimate of drug-likeness (QED) is 0.518. The van der Waals surface area contributed by atoms with Gasteiger partial charge in [0.15, 0.2) is 5.79 Å². The van der Waals surface area contributed by atoms with Crippen LogP contribution >= 0.6 is 0 Å². The summed E-state index contributed by atoms with van der Waals surface area (Å²) in [6.07, 6.45) is 3.48. The van der Waals surface area contributed by atoms with Crippen molar-refractivity contribution in [2.45, 2.75) is 58.3 Å². The number of rotatable bonds is 6. The number of esters is 1. The lowest BCUT2D eigenvalue weighted by Crippen LogP contribution is -2.25. The molecule has 0 unspecified atom stereocenters.